The van der Waals surface area contributed by atoms with Gasteiger partial charge in [0.15, 0.2) is 0 Å². The number of benzene rings is 2. The lowest BCUT2D eigenvalue weighted by atomic mass is 10.0. The van der Waals surface area contributed by atoms with Gasteiger partial charge in [-0.1, -0.05) is 80.4 Å². The fourth-order valence-corrected chi connectivity index (χ4v) is 5.97. The molecular formula is C29H42N4O5S. The van der Waals surface area contributed by atoms with E-state index in [1.807, 2.05) is 74.5 Å². The fourth-order valence-electron chi connectivity index (χ4n) is 4.47. The van der Waals surface area contributed by atoms with Crippen molar-refractivity contribution < 1.29 is 25.0 Å². The Morgan fingerprint density at radius 1 is 1.00 bits per heavy atom. The molecule has 39 heavy (non-hydrogen) atoms. The maximum atomic E-state index is 13.4. The summed E-state index contributed by atoms with van der Waals surface area (Å²) in [5.41, 5.74) is 1.79. The van der Waals surface area contributed by atoms with E-state index < -0.39 is 22.2 Å². The maximum Gasteiger partial charge on any atom is 0.245 e. The molecule has 0 aromatic heterocycles. The van der Waals surface area contributed by atoms with Gasteiger partial charge in [0.25, 0.3) is 0 Å². The standard InChI is InChI=1S/C29H40N4O4S.H2O/c1-4-5-16-22(19-34)31-27(37)25-29(2,3)38-28(33-25)24(26(36)30-18-21-14-10-7-11-15-21)32-23(35)17-20-12-8-6-9-13-20;/h6-15,22,24-25,28,33-34H,4-5,16-19H2,1-3H3,(H,30,36)(H,31,37)(H,32,35);1H2/t22?,24-,25+,28-;/m1./s1. The molecule has 1 unspecified atom stereocenters. The topological polar surface area (TPSA) is 151 Å². The summed E-state index contributed by atoms with van der Waals surface area (Å²) in [6.07, 6.45) is 2.72. The van der Waals surface area contributed by atoms with Crippen LogP contribution in [0.5, 0.6) is 0 Å². The first-order chi connectivity index (χ1) is 18.2. The Hall–Kier alpha value is -2.92. The summed E-state index contributed by atoms with van der Waals surface area (Å²) in [5, 5.41) is 21.3. The van der Waals surface area contributed by atoms with Gasteiger partial charge >= 0.3 is 0 Å². The van der Waals surface area contributed by atoms with Gasteiger partial charge in [0, 0.05) is 11.3 Å². The van der Waals surface area contributed by atoms with Crippen molar-refractivity contribution in [3.8, 4) is 0 Å². The summed E-state index contributed by atoms with van der Waals surface area (Å²) in [6.45, 7) is 6.15. The molecule has 1 aliphatic rings. The average molecular weight is 559 g/mol. The van der Waals surface area contributed by atoms with E-state index in [4.69, 9.17) is 0 Å². The summed E-state index contributed by atoms with van der Waals surface area (Å²) >= 11 is 1.45. The first-order valence-electron chi connectivity index (χ1n) is 13.2. The zero-order chi connectivity index (χ0) is 27.5. The third kappa shape index (κ3) is 9.65. The highest BCUT2D eigenvalue weighted by Gasteiger charge is 2.49. The zero-order valence-electron chi connectivity index (χ0n) is 22.9. The molecule has 2 aromatic rings. The minimum Gasteiger partial charge on any atom is -0.412 e. The van der Waals surface area contributed by atoms with Crippen LogP contribution >= 0.6 is 11.8 Å². The number of thioether (sulfide) groups is 1. The molecule has 1 heterocycles. The number of hydrogen-bond donors (Lipinski definition) is 5. The molecule has 1 aliphatic heterocycles. The fraction of sp³-hybridized carbons (Fsp3) is 0.483. The molecule has 214 valence electrons. The lowest BCUT2D eigenvalue weighted by molar-refractivity contribution is -0.129. The Bertz CT molecular complexity index is 1050. The number of carbonyl (C=O) groups is 3. The van der Waals surface area contributed by atoms with Gasteiger partial charge < -0.3 is 26.5 Å². The quantitative estimate of drug-likeness (QED) is 0.252. The zero-order valence-corrected chi connectivity index (χ0v) is 23.7. The van der Waals surface area contributed by atoms with Crippen LogP contribution in [0.1, 0.15) is 51.2 Å². The number of aliphatic hydroxyl groups excluding tert-OH is 1. The molecule has 0 spiro atoms. The van der Waals surface area contributed by atoms with Gasteiger partial charge in [0.2, 0.25) is 17.7 Å². The van der Waals surface area contributed by atoms with Crippen molar-refractivity contribution >= 4 is 29.5 Å². The van der Waals surface area contributed by atoms with Crippen molar-refractivity contribution in [3.05, 3.63) is 71.8 Å². The molecule has 0 radical (unpaired) electrons. The second-order valence-electron chi connectivity index (χ2n) is 10.2. The van der Waals surface area contributed by atoms with Crippen LogP contribution < -0.4 is 21.3 Å². The molecule has 4 atom stereocenters. The molecule has 3 rings (SSSR count). The van der Waals surface area contributed by atoms with Crippen LogP contribution in [-0.2, 0) is 27.3 Å². The Morgan fingerprint density at radius 2 is 1.62 bits per heavy atom. The number of rotatable bonds is 13. The molecule has 1 fully saturated rings. The monoisotopic (exact) mass is 558 g/mol. The highest BCUT2D eigenvalue weighted by Crippen LogP contribution is 2.39. The molecule has 0 saturated carbocycles. The highest BCUT2D eigenvalue weighted by atomic mass is 32.2. The summed E-state index contributed by atoms with van der Waals surface area (Å²) in [4.78, 5) is 39.6. The van der Waals surface area contributed by atoms with Crippen molar-refractivity contribution in [1.29, 1.82) is 0 Å². The van der Waals surface area contributed by atoms with Gasteiger partial charge in [-0.05, 0) is 31.4 Å². The summed E-state index contributed by atoms with van der Waals surface area (Å²) in [7, 11) is 0. The van der Waals surface area contributed by atoms with Crippen LogP contribution in [0.3, 0.4) is 0 Å². The maximum absolute atomic E-state index is 13.4. The SMILES string of the molecule is CCCCC(CO)NC(=O)[C@@H]1N[C@@H]([C@H](NC(=O)Cc2ccccc2)C(=O)NCc2ccccc2)SC1(C)C.O. The number of carbonyl (C=O) groups excluding carboxylic acids is 3. The van der Waals surface area contributed by atoms with Gasteiger partial charge in [-0.15, -0.1) is 11.8 Å². The first kappa shape index (κ1) is 32.3. The molecule has 1 saturated heterocycles. The average Bonchev–Trinajstić information content (AvgIpc) is 3.24. The van der Waals surface area contributed by atoms with Crippen LogP contribution in [0.2, 0.25) is 0 Å². The van der Waals surface area contributed by atoms with Gasteiger partial charge in [0.05, 0.1) is 24.4 Å². The minimum absolute atomic E-state index is 0. The summed E-state index contributed by atoms with van der Waals surface area (Å²) in [5.74, 6) is -0.823. The number of aliphatic hydroxyl groups is 1. The van der Waals surface area contributed by atoms with Crippen molar-refractivity contribution in [2.75, 3.05) is 6.61 Å². The van der Waals surface area contributed by atoms with Crippen molar-refractivity contribution in [2.24, 2.45) is 0 Å². The Morgan fingerprint density at radius 3 is 2.21 bits per heavy atom. The number of nitrogens with one attached hydrogen (secondary N) is 4. The molecule has 0 aliphatic carbocycles. The van der Waals surface area contributed by atoms with E-state index >= 15 is 0 Å². The normalized spacial score (nSPS) is 19.3. The van der Waals surface area contributed by atoms with Crippen molar-refractivity contribution in [1.82, 2.24) is 21.3 Å². The Balaban J connectivity index is 0.00000533. The van der Waals surface area contributed by atoms with E-state index in [9.17, 15) is 19.5 Å². The van der Waals surface area contributed by atoms with E-state index in [0.29, 0.717) is 13.0 Å². The van der Waals surface area contributed by atoms with Gasteiger partial charge in [-0.25, -0.2) is 0 Å². The molecular weight excluding hydrogens is 516 g/mol. The molecule has 3 amide bonds. The van der Waals surface area contributed by atoms with E-state index in [2.05, 4.69) is 28.2 Å². The molecule has 10 heteroatoms. The third-order valence-electron chi connectivity index (χ3n) is 6.61. The smallest absolute Gasteiger partial charge is 0.245 e. The van der Waals surface area contributed by atoms with E-state index in [0.717, 1.165) is 24.0 Å². The molecule has 2 aromatic carbocycles. The number of amides is 3. The molecule has 9 nitrogen and oxygen atoms in total. The van der Waals surface area contributed by atoms with Crippen LogP contribution in [-0.4, -0.2) is 63.2 Å². The summed E-state index contributed by atoms with van der Waals surface area (Å²) < 4.78 is -0.554. The van der Waals surface area contributed by atoms with Crippen LogP contribution in [0.4, 0.5) is 0 Å². The third-order valence-corrected chi connectivity index (χ3v) is 8.12. The van der Waals surface area contributed by atoms with Crippen molar-refractivity contribution in [3.63, 3.8) is 0 Å². The number of hydrogen-bond acceptors (Lipinski definition) is 6. The second-order valence-corrected chi connectivity index (χ2v) is 12.0. The lowest BCUT2D eigenvalue weighted by Gasteiger charge is -2.26. The first-order valence-corrected chi connectivity index (χ1v) is 14.1. The molecule has 0 bridgehead atoms. The number of unbranched alkanes of at least 4 members (excludes halogenated alkanes) is 1. The summed E-state index contributed by atoms with van der Waals surface area (Å²) in [6, 6.07) is 17.1. The highest BCUT2D eigenvalue weighted by molar-refractivity contribution is 8.01. The van der Waals surface area contributed by atoms with Gasteiger partial charge in [0.1, 0.15) is 12.1 Å². The van der Waals surface area contributed by atoms with E-state index in [1.54, 1.807) is 0 Å². The Kier molecular flexibility index (Phi) is 12.9. The Labute approximate surface area is 235 Å². The predicted octanol–water partition coefficient (Wildman–Crippen LogP) is 1.68. The van der Waals surface area contributed by atoms with Crippen molar-refractivity contribution in [2.45, 2.75) is 81.2 Å². The van der Waals surface area contributed by atoms with Gasteiger partial charge in [-0.2, -0.15) is 0 Å². The van der Waals surface area contributed by atoms with Crippen LogP contribution in [0, 0.1) is 0 Å². The molecule has 7 N–H and O–H groups in total. The largest absolute Gasteiger partial charge is 0.412 e. The van der Waals surface area contributed by atoms with E-state index in [-0.39, 0.29) is 42.3 Å². The lowest BCUT2D eigenvalue weighted by Crippen LogP contribution is -2.58. The predicted molar refractivity (Wildman–Crippen MR) is 155 cm³/mol. The minimum atomic E-state index is -0.897. The van der Waals surface area contributed by atoms with E-state index in [1.165, 1.54) is 11.8 Å². The van der Waals surface area contributed by atoms with Crippen LogP contribution in [0.15, 0.2) is 60.7 Å². The second kappa shape index (κ2) is 15.6. The van der Waals surface area contributed by atoms with Crippen LogP contribution in [0.25, 0.3) is 0 Å². The van der Waals surface area contributed by atoms with Gasteiger partial charge in [-0.3, -0.25) is 19.7 Å².